The van der Waals surface area contributed by atoms with Gasteiger partial charge in [0.1, 0.15) is 30.5 Å². The Hall–Kier alpha value is -4.09. The summed E-state index contributed by atoms with van der Waals surface area (Å²) in [6, 6.07) is 5.89. The molecule has 1 atom stereocenters. The molecule has 0 saturated carbocycles. The summed E-state index contributed by atoms with van der Waals surface area (Å²) in [6.45, 7) is 1.24. The smallest absolute Gasteiger partial charge is 0.273 e. The van der Waals surface area contributed by atoms with Crippen LogP contribution in [0.4, 0.5) is 17.2 Å². The van der Waals surface area contributed by atoms with E-state index in [2.05, 4.69) is 25.4 Å². The molecule has 3 heterocycles. The highest BCUT2D eigenvalue weighted by atomic mass is 16.6. The number of ether oxygens (including phenoxy) is 1. The Bertz CT molecular complexity index is 1090. The van der Waals surface area contributed by atoms with Crippen LogP contribution >= 0.6 is 0 Å². The van der Waals surface area contributed by atoms with Crippen LogP contribution in [0.3, 0.4) is 0 Å². The van der Waals surface area contributed by atoms with Gasteiger partial charge in [-0.2, -0.15) is 5.10 Å². The first kappa shape index (κ1) is 20.2. The summed E-state index contributed by atoms with van der Waals surface area (Å²) in [5, 5.41) is 17.9. The third-order valence-electron chi connectivity index (χ3n) is 5.06. The minimum Gasteiger partial charge on any atom is -0.494 e. The third-order valence-corrected chi connectivity index (χ3v) is 5.06. The zero-order valence-corrected chi connectivity index (χ0v) is 16.7. The standard InChI is InChI=1S/C19H20N8O4/c1-31-16-7-14(27(29)30)4-5-15(16)24-19(28)13-3-2-6-25(9-13)17-8-18(22-11-21-17)26-12-20-10-23-26/h4-5,7-8,10-13H,2-3,6,9H2,1H3,(H,24,28). The number of hydrogen-bond acceptors (Lipinski definition) is 9. The van der Waals surface area contributed by atoms with Gasteiger partial charge in [-0.3, -0.25) is 14.9 Å². The number of rotatable bonds is 6. The Morgan fingerprint density at radius 1 is 1.26 bits per heavy atom. The van der Waals surface area contributed by atoms with Gasteiger partial charge in [0.05, 0.1) is 29.7 Å². The molecule has 1 aromatic carbocycles. The van der Waals surface area contributed by atoms with Crippen LogP contribution in [0.5, 0.6) is 5.75 Å². The number of benzene rings is 1. The Kier molecular flexibility index (Phi) is 5.69. The first-order valence-corrected chi connectivity index (χ1v) is 9.60. The number of nitrogens with zero attached hydrogens (tertiary/aromatic N) is 7. The molecule has 3 aromatic rings. The van der Waals surface area contributed by atoms with E-state index < -0.39 is 4.92 Å². The van der Waals surface area contributed by atoms with Crippen LogP contribution in [0.15, 0.2) is 43.2 Å². The van der Waals surface area contributed by atoms with Gasteiger partial charge >= 0.3 is 0 Å². The normalized spacial score (nSPS) is 16.0. The fraction of sp³-hybridized carbons (Fsp3) is 0.316. The Balaban J connectivity index is 1.47. The predicted molar refractivity (Wildman–Crippen MR) is 110 cm³/mol. The summed E-state index contributed by atoms with van der Waals surface area (Å²) >= 11 is 0. The van der Waals surface area contributed by atoms with Gasteiger partial charge in [0, 0.05) is 25.2 Å². The predicted octanol–water partition coefficient (Wildman–Crippen LogP) is 1.83. The van der Waals surface area contributed by atoms with Crippen LogP contribution in [-0.4, -0.2) is 55.8 Å². The average molecular weight is 424 g/mol. The molecule has 0 spiro atoms. The largest absolute Gasteiger partial charge is 0.494 e. The van der Waals surface area contributed by atoms with Crippen LogP contribution < -0.4 is 15.0 Å². The maximum Gasteiger partial charge on any atom is 0.273 e. The summed E-state index contributed by atoms with van der Waals surface area (Å²) in [5.41, 5.74) is 0.288. The van der Waals surface area contributed by atoms with E-state index in [-0.39, 0.29) is 23.3 Å². The quantitative estimate of drug-likeness (QED) is 0.463. The molecule has 1 saturated heterocycles. The van der Waals surface area contributed by atoms with E-state index in [1.54, 1.807) is 17.1 Å². The van der Waals surface area contributed by atoms with E-state index in [0.29, 0.717) is 23.9 Å². The lowest BCUT2D eigenvalue weighted by Crippen LogP contribution is -2.41. The van der Waals surface area contributed by atoms with Gasteiger partial charge in [0.25, 0.3) is 5.69 Å². The molecule has 1 unspecified atom stereocenters. The van der Waals surface area contributed by atoms with Crippen molar-refractivity contribution >= 4 is 23.1 Å². The summed E-state index contributed by atoms with van der Waals surface area (Å²) in [7, 11) is 1.40. The molecule has 1 N–H and O–H groups in total. The Morgan fingerprint density at radius 3 is 2.84 bits per heavy atom. The number of nitro groups is 1. The topological polar surface area (TPSA) is 141 Å². The lowest BCUT2D eigenvalue weighted by atomic mass is 9.97. The maximum absolute atomic E-state index is 12.9. The number of nitrogens with one attached hydrogen (secondary N) is 1. The molecule has 1 amide bonds. The zero-order chi connectivity index (χ0) is 21.8. The first-order valence-electron chi connectivity index (χ1n) is 9.60. The molecule has 2 aromatic heterocycles. The molecule has 160 valence electrons. The Labute approximate surface area is 177 Å². The van der Waals surface area contributed by atoms with Gasteiger partial charge in [-0.25, -0.2) is 19.6 Å². The van der Waals surface area contributed by atoms with Crippen molar-refractivity contribution in [1.29, 1.82) is 0 Å². The molecular formula is C19H20N8O4. The van der Waals surface area contributed by atoms with Crippen LogP contribution in [0, 0.1) is 16.0 Å². The van der Waals surface area contributed by atoms with Gasteiger partial charge in [0.15, 0.2) is 5.82 Å². The number of piperidine rings is 1. The SMILES string of the molecule is COc1cc([N+](=O)[O-])ccc1NC(=O)C1CCCN(c2cc(-n3cncn3)ncn2)C1. The third kappa shape index (κ3) is 4.42. The highest BCUT2D eigenvalue weighted by Crippen LogP contribution is 2.30. The van der Waals surface area contributed by atoms with Crippen LogP contribution in [0.2, 0.25) is 0 Å². The van der Waals surface area contributed by atoms with Crippen molar-refractivity contribution in [3.05, 3.63) is 53.4 Å². The van der Waals surface area contributed by atoms with E-state index >= 15 is 0 Å². The van der Waals surface area contributed by atoms with Gasteiger partial charge in [0.2, 0.25) is 5.91 Å². The van der Waals surface area contributed by atoms with Gasteiger partial charge < -0.3 is 15.0 Å². The van der Waals surface area contributed by atoms with Gasteiger partial charge in [-0.05, 0) is 18.9 Å². The molecule has 12 nitrogen and oxygen atoms in total. The molecule has 4 rings (SSSR count). The molecular weight excluding hydrogens is 404 g/mol. The molecule has 0 bridgehead atoms. The lowest BCUT2D eigenvalue weighted by molar-refractivity contribution is -0.384. The molecule has 0 aliphatic carbocycles. The number of carbonyl (C=O) groups is 1. The van der Waals surface area contributed by atoms with Crippen molar-refractivity contribution in [2.75, 3.05) is 30.4 Å². The second kappa shape index (κ2) is 8.73. The number of hydrogen-bond donors (Lipinski definition) is 1. The Morgan fingerprint density at radius 2 is 2.10 bits per heavy atom. The monoisotopic (exact) mass is 424 g/mol. The second-order valence-electron chi connectivity index (χ2n) is 6.99. The van der Waals surface area contributed by atoms with E-state index in [9.17, 15) is 14.9 Å². The van der Waals surface area contributed by atoms with Gasteiger partial charge in [-0.1, -0.05) is 0 Å². The second-order valence-corrected chi connectivity index (χ2v) is 6.99. The van der Waals surface area contributed by atoms with Crippen molar-refractivity contribution in [3.63, 3.8) is 0 Å². The van der Waals surface area contributed by atoms with Crippen molar-refractivity contribution in [2.24, 2.45) is 5.92 Å². The minimum absolute atomic E-state index is 0.106. The number of nitro benzene ring substituents is 1. The first-order chi connectivity index (χ1) is 15.0. The van der Waals surface area contributed by atoms with Crippen molar-refractivity contribution < 1.29 is 14.5 Å². The molecule has 1 aliphatic rings. The van der Waals surface area contributed by atoms with E-state index in [1.807, 2.05) is 4.90 Å². The maximum atomic E-state index is 12.9. The average Bonchev–Trinajstić information content (AvgIpc) is 3.34. The highest BCUT2D eigenvalue weighted by molar-refractivity contribution is 5.94. The molecule has 31 heavy (non-hydrogen) atoms. The summed E-state index contributed by atoms with van der Waals surface area (Å²) in [4.78, 5) is 37.9. The molecule has 0 radical (unpaired) electrons. The lowest BCUT2D eigenvalue weighted by Gasteiger charge is -2.33. The highest BCUT2D eigenvalue weighted by Gasteiger charge is 2.27. The number of anilines is 2. The van der Waals surface area contributed by atoms with Crippen LogP contribution in [0.1, 0.15) is 12.8 Å². The number of methoxy groups -OCH3 is 1. The van der Waals surface area contributed by atoms with Crippen LogP contribution in [-0.2, 0) is 4.79 Å². The van der Waals surface area contributed by atoms with E-state index in [4.69, 9.17) is 4.74 Å². The fourth-order valence-electron chi connectivity index (χ4n) is 3.49. The number of aromatic nitrogens is 5. The number of carbonyl (C=O) groups excluding carboxylic acids is 1. The van der Waals surface area contributed by atoms with E-state index in [0.717, 1.165) is 19.4 Å². The summed E-state index contributed by atoms with van der Waals surface area (Å²) in [6.07, 6.45) is 5.97. The minimum atomic E-state index is -0.511. The van der Waals surface area contributed by atoms with Crippen LogP contribution in [0.25, 0.3) is 5.82 Å². The fourth-order valence-corrected chi connectivity index (χ4v) is 3.49. The molecule has 1 fully saturated rings. The number of amides is 1. The molecule has 12 heteroatoms. The van der Waals surface area contributed by atoms with E-state index in [1.165, 1.54) is 38.0 Å². The summed E-state index contributed by atoms with van der Waals surface area (Å²) < 4.78 is 6.75. The van der Waals surface area contributed by atoms with Gasteiger partial charge in [-0.15, -0.1) is 0 Å². The zero-order valence-electron chi connectivity index (χ0n) is 16.7. The van der Waals surface area contributed by atoms with Crippen molar-refractivity contribution in [1.82, 2.24) is 24.7 Å². The summed E-state index contributed by atoms with van der Waals surface area (Å²) in [5.74, 6) is 1.07. The van der Waals surface area contributed by atoms with Crippen molar-refractivity contribution in [2.45, 2.75) is 12.8 Å². The number of non-ortho nitro benzene ring substituents is 1. The van der Waals surface area contributed by atoms with Crippen molar-refractivity contribution in [3.8, 4) is 11.6 Å². The molecule has 1 aliphatic heterocycles.